The average molecular weight is 738 g/mol. The molecule has 2 aliphatic carbocycles. The van der Waals surface area contributed by atoms with Crippen LogP contribution in [0.4, 0.5) is 0 Å². The van der Waals surface area contributed by atoms with Crippen molar-refractivity contribution in [3.63, 3.8) is 0 Å². The van der Waals surface area contributed by atoms with Crippen molar-refractivity contribution in [3.05, 3.63) is 33.4 Å². The zero-order valence-electron chi connectivity index (χ0n) is 24.7. The summed E-state index contributed by atoms with van der Waals surface area (Å²) in [6.45, 7) is 6.34. The van der Waals surface area contributed by atoms with Gasteiger partial charge in [0, 0.05) is 38.3 Å². The first-order valence-corrected chi connectivity index (χ1v) is 15.6. The molecule has 45 heavy (non-hydrogen) atoms. The van der Waals surface area contributed by atoms with E-state index in [1.165, 1.54) is 6.92 Å². The largest absolute Gasteiger partial charge is 0.457 e. The zero-order valence-corrected chi connectivity index (χ0v) is 26.8. The van der Waals surface area contributed by atoms with Crippen LogP contribution in [0.1, 0.15) is 85.4 Å². The van der Waals surface area contributed by atoms with E-state index in [1.807, 2.05) is 22.6 Å². The number of halogens is 1. The summed E-state index contributed by atoms with van der Waals surface area (Å²) < 4.78 is 40.5. The maximum absolute atomic E-state index is 14.5. The zero-order chi connectivity index (χ0) is 32.7. The third-order valence-electron chi connectivity index (χ3n) is 8.49. The minimum Gasteiger partial charge on any atom is -0.457 e. The molecule has 0 saturated carbocycles. The van der Waals surface area contributed by atoms with Gasteiger partial charge in [0.2, 0.25) is 5.60 Å². The lowest BCUT2D eigenvalue weighted by atomic mass is 9.65. The lowest BCUT2D eigenvalue weighted by Crippen LogP contribution is -2.62. The summed E-state index contributed by atoms with van der Waals surface area (Å²) >= 11 is 1.81. The monoisotopic (exact) mass is 738 g/mol. The van der Waals surface area contributed by atoms with Crippen molar-refractivity contribution < 1.29 is 66.7 Å². The van der Waals surface area contributed by atoms with E-state index in [-0.39, 0.29) is 45.3 Å². The Morgan fingerprint density at radius 2 is 1.51 bits per heavy atom. The molecule has 7 atom stereocenters. The number of carbonyl (C=O) groups is 7. The average Bonchev–Trinajstić information content (AvgIpc) is 3.31. The van der Waals surface area contributed by atoms with Gasteiger partial charge in [0.15, 0.2) is 29.5 Å². The molecular weight excluding hydrogens is 711 g/mol. The van der Waals surface area contributed by atoms with Crippen molar-refractivity contribution in [3.8, 4) is 11.5 Å². The third-order valence-corrected chi connectivity index (χ3v) is 9.11. The fourth-order valence-electron chi connectivity index (χ4n) is 7.13. The molecule has 7 rings (SSSR count). The summed E-state index contributed by atoms with van der Waals surface area (Å²) in [6, 6.07) is 0. The van der Waals surface area contributed by atoms with Crippen LogP contribution < -0.4 is 9.47 Å². The van der Waals surface area contributed by atoms with Crippen LogP contribution in [0.5, 0.6) is 11.5 Å². The SMILES string of the molecule is CC(=O)Oc1c2c(c(OC(C)=O)c3c1C1CC(OC(=O)CI)C3(OC(C)=O)C(C)O1)C(=O)C1=C(C2=O)C2OC(=O)CC2OC1C. The van der Waals surface area contributed by atoms with Crippen molar-refractivity contribution in [2.45, 2.75) is 89.7 Å². The first kappa shape index (κ1) is 31.3. The Hall–Kier alpha value is -3.70. The smallest absolute Gasteiger partial charge is 0.316 e. The number of Topliss-reactive ketones (excluding diaryl/α,β-unsaturated/α-hetero) is 2. The first-order valence-electron chi connectivity index (χ1n) is 14.1. The summed E-state index contributed by atoms with van der Waals surface area (Å²) in [7, 11) is 0. The second kappa shape index (κ2) is 11.0. The topological polar surface area (TPSA) is 184 Å². The van der Waals surface area contributed by atoms with Crippen LogP contribution in [0, 0.1) is 0 Å². The summed E-state index contributed by atoms with van der Waals surface area (Å²) in [5, 5.41) is 0. The molecule has 238 valence electrons. The summed E-state index contributed by atoms with van der Waals surface area (Å²) in [5.74, 6) is -6.31. The summed E-state index contributed by atoms with van der Waals surface area (Å²) in [6.07, 6.45) is -6.57. The molecule has 0 aromatic heterocycles. The normalized spacial score (nSPS) is 30.8. The number of hydrogen-bond acceptors (Lipinski definition) is 14. The van der Waals surface area contributed by atoms with E-state index in [9.17, 15) is 33.6 Å². The van der Waals surface area contributed by atoms with Gasteiger partial charge in [-0.25, -0.2) is 0 Å². The van der Waals surface area contributed by atoms with Gasteiger partial charge in [0.05, 0.1) is 45.3 Å². The minimum atomic E-state index is -2.01. The molecule has 7 unspecified atom stereocenters. The Balaban J connectivity index is 1.73. The summed E-state index contributed by atoms with van der Waals surface area (Å²) in [5.41, 5.74) is -3.25. The number of ether oxygens (including phenoxy) is 7. The lowest BCUT2D eigenvalue weighted by Gasteiger charge is -2.54. The van der Waals surface area contributed by atoms with E-state index >= 15 is 0 Å². The second-order valence-corrected chi connectivity index (χ2v) is 12.1. The highest BCUT2D eigenvalue weighted by atomic mass is 127. The molecule has 0 N–H and O–H groups in total. The molecular formula is C30H27IO14. The Morgan fingerprint density at radius 3 is 2.13 bits per heavy atom. The van der Waals surface area contributed by atoms with Gasteiger partial charge >= 0.3 is 29.8 Å². The molecule has 0 radical (unpaired) electrons. The van der Waals surface area contributed by atoms with Crippen LogP contribution >= 0.6 is 22.6 Å². The number of alkyl halides is 1. The maximum atomic E-state index is 14.5. The molecule has 2 fully saturated rings. The van der Waals surface area contributed by atoms with Gasteiger partial charge in [-0.3, -0.25) is 33.6 Å². The highest BCUT2D eigenvalue weighted by Crippen LogP contribution is 2.62. The van der Waals surface area contributed by atoms with Crippen LogP contribution in [-0.2, 0) is 53.3 Å². The van der Waals surface area contributed by atoms with Crippen molar-refractivity contribution in [2.75, 3.05) is 4.43 Å². The Morgan fingerprint density at radius 1 is 0.889 bits per heavy atom. The predicted octanol–water partition coefficient (Wildman–Crippen LogP) is 2.28. The van der Waals surface area contributed by atoms with Gasteiger partial charge in [-0.2, -0.15) is 0 Å². The molecule has 6 aliphatic rings. The number of ketones is 2. The highest BCUT2D eigenvalue weighted by Gasteiger charge is 2.65. The lowest BCUT2D eigenvalue weighted by molar-refractivity contribution is -0.263. The van der Waals surface area contributed by atoms with E-state index in [4.69, 9.17) is 33.2 Å². The Bertz CT molecular complexity index is 1660. The Kier molecular flexibility index (Phi) is 7.63. The molecule has 1 aromatic carbocycles. The van der Waals surface area contributed by atoms with Crippen LogP contribution in [0.15, 0.2) is 11.1 Å². The number of benzene rings is 1. The van der Waals surface area contributed by atoms with Crippen molar-refractivity contribution >= 4 is 64.0 Å². The third kappa shape index (κ3) is 4.61. The van der Waals surface area contributed by atoms with E-state index in [1.54, 1.807) is 6.92 Å². The first-order chi connectivity index (χ1) is 21.2. The van der Waals surface area contributed by atoms with Crippen molar-refractivity contribution in [2.24, 2.45) is 0 Å². The number of esters is 5. The van der Waals surface area contributed by atoms with E-state index in [0.29, 0.717) is 0 Å². The standard InChI is InChI=1S/C30H27IO14/c1-9-19-21(27-15(39-9)7-17(35)44-27)26(38)22-23(25(19)37)29(42-12(4)33)24-20(28(22)41-11(3)32)14-6-16(43-18(36)8-31)30(24,10(2)40-14)45-13(5)34/h9-10,14-16,27H,6-8H2,1-5H3. The molecule has 0 amide bonds. The minimum absolute atomic E-state index is 0.00611. The van der Waals surface area contributed by atoms with E-state index in [2.05, 4.69) is 0 Å². The predicted molar refractivity (Wildman–Crippen MR) is 154 cm³/mol. The maximum Gasteiger partial charge on any atom is 0.316 e. The van der Waals surface area contributed by atoms with Crippen LogP contribution in [-0.4, -0.2) is 76.4 Å². The number of fused-ring (bicyclic) bond motifs is 5. The quantitative estimate of drug-likeness (QED) is 0.141. The van der Waals surface area contributed by atoms with Crippen molar-refractivity contribution in [1.82, 2.24) is 0 Å². The molecule has 2 bridgehead atoms. The summed E-state index contributed by atoms with van der Waals surface area (Å²) in [4.78, 5) is 91.8. The highest BCUT2D eigenvalue weighted by molar-refractivity contribution is 14.1. The van der Waals surface area contributed by atoms with E-state index in [0.717, 1.165) is 20.8 Å². The molecule has 4 heterocycles. The molecule has 15 heteroatoms. The van der Waals surface area contributed by atoms with Crippen molar-refractivity contribution in [1.29, 1.82) is 0 Å². The van der Waals surface area contributed by atoms with Gasteiger partial charge in [-0.1, -0.05) is 22.6 Å². The molecule has 14 nitrogen and oxygen atoms in total. The van der Waals surface area contributed by atoms with Gasteiger partial charge in [0.25, 0.3) is 0 Å². The van der Waals surface area contributed by atoms with Gasteiger partial charge in [-0.05, 0) is 13.8 Å². The number of carbonyl (C=O) groups excluding carboxylic acids is 7. The van der Waals surface area contributed by atoms with Crippen LogP contribution in [0.3, 0.4) is 0 Å². The van der Waals surface area contributed by atoms with Crippen LogP contribution in [0.25, 0.3) is 0 Å². The molecule has 2 saturated heterocycles. The van der Waals surface area contributed by atoms with Gasteiger partial charge in [-0.15, -0.1) is 0 Å². The molecule has 1 aromatic rings. The molecule has 4 aliphatic heterocycles. The van der Waals surface area contributed by atoms with Gasteiger partial charge in [0.1, 0.15) is 18.0 Å². The second-order valence-electron chi connectivity index (χ2n) is 11.3. The fraction of sp³-hybridized carbons (Fsp3) is 0.500. The van der Waals surface area contributed by atoms with Crippen LogP contribution in [0.2, 0.25) is 0 Å². The number of rotatable bonds is 5. The fourth-order valence-corrected chi connectivity index (χ4v) is 7.31. The van der Waals surface area contributed by atoms with Gasteiger partial charge < -0.3 is 33.2 Å². The molecule has 0 spiro atoms. The Labute approximate surface area is 269 Å². The number of hydrogen-bond donors (Lipinski definition) is 0. The van der Waals surface area contributed by atoms with E-state index < -0.39 is 101 Å².